The third-order valence-corrected chi connectivity index (χ3v) is 2.54. The molecule has 0 aliphatic carbocycles. The van der Waals surface area contributed by atoms with Gasteiger partial charge < -0.3 is 14.5 Å². The van der Waals surface area contributed by atoms with E-state index in [0.29, 0.717) is 23.0 Å². The summed E-state index contributed by atoms with van der Waals surface area (Å²) in [6, 6.07) is 6.86. The monoisotopic (exact) mass is 246 g/mol. The van der Waals surface area contributed by atoms with Gasteiger partial charge in [0.2, 0.25) is 0 Å². The van der Waals surface area contributed by atoms with Crippen LogP contribution in [0, 0.1) is 6.92 Å². The molecule has 0 saturated heterocycles. The second-order valence-electron chi connectivity index (χ2n) is 3.79. The van der Waals surface area contributed by atoms with Crippen molar-refractivity contribution >= 4 is 0 Å². The van der Waals surface area contributed by atoms with Crippen LogP contribution in [0.25, 0.3) is 11.3 Å². The number of rotatable bonds is 3. The van der Waals surface area contributed by atoms with Crippen LogP contribution >= 0.6 is 0 Å². The van der Waals surface area contributed by atoms with Gasteiger partial charge in [-0.15, -0.1) is 0 Å². The van der Waals surface area contributed by atoms with Crippen LogP contribution in [-0.4, -0.2) is 24.2 Å². The number of aromatic amines is 1. The summed E-state index contributed by atoms with van der Waals surface area (Å²) < 4.78 is 10.4. The number of aromatic nitrogens is 2. The van der Waals surface area contributed by atoms with Crippen molar-refractivity contribution in [3.63, 3.8) is 0 Å². The Morgan fingerprint density at radius 1 is 1.11 bits per heavy atom. The zero-order valence-electron chi connectivity index (χ0n) is 10.5. The van der Waals surface area contributed by atoms with Gasteiger partial charge in [-0.1, -0.05) is 0 Å². The summed E-state index contributed by atoms with van der Waals surface area (Å²) in [6.45, 7) is 1.74. The average molecular weight is 246 g/mol. The molecule has 0 bridgehead atoms. The number of methoxy groups -OCH3 is 2. The molecule has 0 radical (unpaired) electrons. The molecule has 1 aromatic heterocycles. The Bertz CT molecular complexity index is 620. The molecule has 1 aromatic carbocycles. The topological polar surface area (TPSA) is 64.2 Å². The molecule has 5 heteroatoms. The van der Waals surface area contributed by atoms with Crippen molar-refractivity contribution < 1.29 is 9.47 Å². The summed E-state index contributed by atoms with van der Waals surface area (Å²) in [4.78, 5) is 18.3. The van der Waals surface area contributed by atoms with E-state index in [1.807, 2.05) is 6.07 Å². The first kappa shape index (κ1) is 12.2. The average Bonchev–Trinajstić information content (AvgIpc) is 2.36. The van der Waals surface area contributed by atoms with Gasteiger partial charge in [-0.25, -0.2) is 4.98 Å². The lowest BCUT2D eigenvalue weighted by Gasteiger charge is -2.09. The van der Waals surface area contributed by atoms with Gasteiger partial charge in [0.05, 0.1) is 19.9 Å². The molecule has 2 rings (SSSR count). The first-order chi connectivity index (χ1) is 8.63. The maximum absolute atomic E-state index is 11.4. The molecule has 1 heterocycles. The molecule has 5 nitrogen and oxygen atoms in total. The molecule has 94 valence electrons. The van der Waals surface area contributed by atoms with E-state index in [2.05, 4.69) is 9.97 Å². The zero-order valence-corrected chi connectivity index (χ0v) is 10.5. The molecular weight excluding hydrogens is 232 g/mol. The normalized spacial score (nSPS) is 10.2. The first-order valence-corrected chi connectivity index (χ1v) is 5.44. The smallest absolute Gasteiger partial charge is 0.251 e. The van der Waals surface area contributed by atoms with Crippen LogP contribution in [-0.2, 0) is 0 Å². The van der Waals surface area contributed by atoms with Crippen LogP contribution in [0.15, 0.2) is 29.1 Å². The van der Waals surface area contributed by atoms with Crippen molar-refractivity contribution in [1.82, 2.24) is 9.97 Å². The molecule has 2 aromatic rings. The van der Waals surface area contributed by atoms with E-state index in [1.54, 1.807) is 33.3 Å². The van der Waals surface area contributed by atoms with Gasteiger partial charge in [-0.3, -0.25) is 4.79 Å². The highest BCUT2D eigenvalue weighted by atomic mass is 16.5. The van der Waals surface area contributed by atoms with Crippen LogP contribution < -0.4 is 15.0 Å². The fourth-order valence-electron chi connectivity index (χ4n) is 1.72. The Morgan fingerprint density at radius 2 is 1.83 bits per heavy atom. The van der Waals surface area contributed by atoms with Gasteiger partial charge in [0.1, 0.15) is 5.82 Å². The number of nitrogens with zero attached hydrogens (tertiary/aromatic N) is 1. The van der Waals surface area contributed by atoms with E-state index in [4.69, 9.17) is 9.47 Å². The minimum absolute atomic E-state index is 0.174. The lowest BCUT2D eigenvalue weighted by atomic mass is 10.1. The molecule has 0 saturated carbocycles. The summed E-state index contributed by atoms with van der Waals surface area (Å²) in [7, 11) is 3.14. The van der Waals surface area contributed by atoms with Gasteiger partial charge in [0.25, 0.3) is 5.56 Å². The second-order valence-corrected chi connectivity index (χ2v) is 3.79. The van der Waals surface area contributed by atoms with E-state index in [9.17, 15) is 4.79 Å². The summed E-state index contributed by atoms with van der Waals surface area (Å²) >= 11 is 0. The van der Waals surface area contributed by atoms with Crippen LogP contribution in [0.1, 0.15) is 5.82 Å². The molecule has 0 unspecified atom stereocenters. The highest BCUT2D eigenvalue weighted by molar-refractivity contribution is 5.63. The third-order valence-electron chi connectivity index (χ3n) is 2.54. The van der Waals surface area contributed by atoms with Gasteiger partial charge >= 0.3 is 0 Å². The van der Waals surface area contributed by atoms with Gasteiger partial charge in [-0.2, -0.15) is 0 Å². The molecule has 0 aliphatic rings. The van der Waals surface area contributed by atoms with Crippen molar-refractivity contribution in [2.45, 2.75) is 6.92 Å². The molecule has 0 aliphatic heterocycles. The third kappa shape index (κ3) is 2.34. The Morgan fingerprint density at radius 3 is 2.44 bits per heavy atom. The van der Waals surface area contributed by atoms with Crippen LogP contribution in [0.4, 0.5) is 0 Å². The number of nitrogens with one attached hydrogen (secondary N) is 1. The number of benzene rings is 1. The van der Waals surface area contributed by atoms with Gasteiger partial charge in [-0.05, 0) is 25.1 Å². The second kappa shape index (κ2) is 4.91. The maximum atomic E-state index is 11.4. The molecule has 0 atom stereocenters. The van der Waals surface area contributed by atoms with Crippen LogP contribution in [0.3, 0.4) is 0 Å². The fourth-order valence-corrected chi connectivity index (χ4v) is 1.72. The number of H-pyrrole nitrogens is 1. The van der Waals surface area contributed by atoms with Crippen molar-refractivity contribution in [2.75, 3.05) is 14.2 Å². The summed E-state index contributed by atoms with van der Waals surface area (Å²) in [5.41, 5.74) is 1.24. The summed E-state index contributed by atoms with van der Waals surface area (Å²) in [5, 5.41) is 0. The number of aryl methyl sites for hydroxylation is 1. The standard InChI is InChI=1S/C13H14N2O3/c1-8-14-10(7-13(16)15-8)9-4-5-11(17-2)12(6-9)18-3/h4-7H,1-3H3,(H,14,15,16). The lowest BCUT2D eigenvalue weighted by Crippen LogP contribution is -2.08. The number of hydrogen-bond acceptors (Lipinski definition) is 4. The van der Waals surface area contributed by atoms with Crippen molar-refractivity contribution in [2.24, 2.45) is 0 Å². The largest absolute Gasteiger partial charge is 0.493 e. The van der Waals surface area contributed by atoms with E-state index >= 15 is 0 Å². The maximum Gasteiger partial charge on any atom is 0.251 e. The molecular formula is C13H14N2O3. The summed E-state index contributed by atoms with van der Waals surface area (Å²) in [6.07, 6.45) is 0. The van der Waals surface area contributed by atoms with Crippen LogP contribution in [0.2, 0.25) is 0 Å². The van der Waals surface area contributed by atoms with Gasteiger partial charge in [0, 0.05) is 11.6 Å². The lowest BCUT2D eigenvalue weighted by molar-refractivity contribution is 0.355. The van der Waals surface area contributed by atoms with E-state index in [1.165, 1.54) is 6.07 Å². The van der Waals surface area contributed by atoms with Crippen molar-refractivity contribution in [3.8, 4) is 22.8 Å². The van der Waals surface area contributed by atoms with Crippen molar-refractivity contribution in [3.05, 3.63) is 40.4 Å². The zero-order chi connectivity index (χ0) is 13.1. The molecule has 18 heavy (non-hydrogen) atoms. The quantitative estimate of drug-likeness (QED) is 0.896. The Kier molecular flexibility index (Phi) is 3.32. The van der Waals surface area contributed by atoms with E-state index < -0.39 is 0 Å². The fraction of sp³-hybridized carbons (Fsp3) is 0.231. The highest BCUT2D eigenvalue weighted by Crippen LogP contribution is 2.31. The Labute approximate surface area is 104 Å². The molecule has 1 N–H and O–H groups in total. The first-order valence-electron chi connectivity index (χ1n) is 5.44. The minimum atomic E-state index is -0.174. The highest BCUT2D eigenvalue weighted by Gasteiger charge is 2.08. The van der Waals surface area contributed by atoms with E-state index in [-0.39, 0.29) is 5.56 Å². The van der Waals surface area contributed by atoms with Crippen LogP contribution in [0.5, 0.6) is 11.5 Å². The Balaban J connectivity index is 2.54. The molecule has 0 fully saturated rings. The number of hydrogen-bond donors (Lipinski definition) is 1. The molecule has 0 spiro atoms. The van der Waals surface area contributed by atoms with Crippen molar-refractivity contribution in [1.29, 1.82) is 0 Å². The van der Waals surface area contributed by atoms with Gasteiger partial charge in [0.15, 0.2) is 11.5 Å². The number of ether oxygens (including phenoxy) is 2. The SMILES string of the molecule is COc1ccc(-c2cc(=O)[nH]c(C)n2)cc1OC. The minimum Gasteiger partial charge on any atom is -0.493 e. The Hall–Kier alpha value is -2.30. The predicted octanol–water partition coefficient (Wildman–Crippen LogP) is 1.76. The summed E-state index contributed by atoms with van der Waals surface area (Å²) in [5.74, 6) is 1.82. The van der Waals surface area contributed by atoms with E-state index in [0.717, 1.165) is 5.56 Å². The molecule has 0 amide bonds. The predicted molar refractivity (Wildman–Crippen MR) is 68.1 cm³/mol.